The van der Waals surface area contributed by atoms with E-state index in [1.807, 2.05) is 13.8 Å². The Labute approximate surface area is 121 Å². The highest BCUT2D eigenvalue weighted by Crippen LogP contribution is 2.33. The normalized spacial score (nSPS) is 11.7. The van der Waals surface area contributed by atoms with E-state index >= 15 is 0 Å². The standard InChI is InChI=1S/C14H17F3N4/c1-3-5-18-12-9-10(14(15,16)17)8-11(20-12)13-19-6-7-21(13)4-2/h6-9H,3-5H2,1-2H3,(H,18,20). The first-order valence-corrected chi connectivity index (χ1v) is 6.80. The highest BCUT2D eigenvalue weighted by atomic mass is 19.4. The van der Waals surface area contributed by atoms with E-state index in [1.54, 1.807) is 17.0 Å². The third kappa shape index (κ3) is 3.53. The molecule has 0 atom stereocenters. The molecule has 0 saturated heterocycles. The van der Waals surface area contributed by atoms with Crippen LogP contribution in [-0.2, 0) is 12.7 Å². The van der Waals surface area contributed by atoms with Crippen molar-refractivity contribution in [1.82, 2.24) is 14.5 Å². The molecular weight excluding hydrogens is 281 g/mol. The van der Waals surface area contributed by atoms with Crippen LogP contribution in [0.5, 0.6) is 0 Å². The molecule has 2 rings (SSSR count). The number of anilines is 1. The smallest absolute Gasteiger partial charge is 0.370 e. The van der Waals surface area contributed by atoms with Crippen molar-refractivity contribution in [3.8, 4) is 11.5 Å². The molecule has 2 heterocycles. The SMILES string of the molecule is CCCNc1cc(C(F)(F)F)cc(-c2nccn2CC)n1. The molecule has 4 nitrogen and oxygen atoms in total. The molecule has 7 heteroatoms. The molecule has 1 N–H and O–H groups in total. The molecule has 0 aliphatic carbocycles. The van der Waals surface area contributed by atoms with Crippen molar-refractivity contribution in [2.45, 2.75) is 33.0 Å². The van der Waals surface area contributed by atoms with E-state index in [0.717, 1.165) is 18.6 Å². The summed E-state index contributed by atoms with van der Waals surface area (Å²) >= 11 is 0. The first-order chi connectivity index (χ1) is 9.95. The summed E-state index contributed by atoms with van der Waals surface area (Å²) in [5.41, 5.74) is -0.507. The number of hydrogen-bond acceptors (Lipinski definition) is 3. The predicted molar refractivity (Wildman–Crippen MR) is 74.9 cm³/mol. The molecule has 2 aromatic heterocycles. The molecule has 114 valence electrons. The first-order valence-electron chi connectivity index (χ1n) is 6.80. The van der Waals surface area contributed by atoms with Crippen LogP contribution in [0.25, 0.3) is 11.5 Å². The van der Waals surface area contributed by atoms with Gasteiger partial charge in [0.05, 0.1) is 5.56 Å². The van der Waals surface area contributed by atoms with Crippen LogP contribution in [0.2, 0.25) is 0 Å². The number of aryl methyl sites for hydroxylation is 1. The van der Waals surface area contributed by atoms with Crippen molar-refractivity contribution in [3.05, 3.63) is 30.1 Å². The summed E-state index contributed by atoms with van der Waals surface area (Å²) in [6.07, 6.45) is -0.336. The maximum absolute atomic E-state index is 13.0. The Hall–Kier alpha value is -2.05. The minimum atomic E-state index is -4.41. The van der Waals surface area contributed by atoms with E-state index in [9.17, 15) is 13.2 Å². The monoisotopic (exact) mass is 298 g/mol. The molecule has 0 saturated carbocycles. The minimum absolute atomic E-state index is 0.215. The van der Waals surface area contributed by atoms with Crippen molar-refractivity contribution in [1.29, 1.82) is 0 Å². The number of hydrogen-bond donors (Lipinski definition) is 1. The van der Waals surface area contributed by atoms with E-state index < -0.39 is 11.7 Å². The van der Waals surface area contributed by atoms with Crippen molar-refractivity contribution in [2.75, 3.05) is 11.9 Å². The third-order valence-corrected chi connectivity index (χ3v) is 2.99. The molecule has 0 radical (unpaired) electrons. The Kier molecular flexibility index (Phi) is 4.50. The molecule has 0 aromatic carbocycles. The Bertz CT molecular complexity index is 605. The average Bonchev–Trinajstić information content (AvgIpc) is 2.92. The van der Waals surface area contributed by atoms with E-state index in [2.05, 4.69) is 15.3 Å². The zero-order valence-electron chi connectivity index (χ0n) is 11.9. The van der Waals surface area contributed by atoms with Gasteiger partial charge in [-0.2, -0.15) is 13.2 Å². The van der Waals surface area contributed by atoms with Gasteiger partial charge in [0.1, 0.15) is 11.5 Å². The molecule has 0 bridgehead atoms. The zero-order valence-corrected chi connectivity index (χ0v) is 11.9. The minimum Gasteiger partial charge on any atom is -0.370 e. The van der Waals surface area contributed by atoms with Crippen molar-refractivity contribution >= 4 is 5.82 Å². The third-order valence-electron chi connectivity index (χ3n) is 2.99. The molecule has 0 unspecified atom stereocenters. The summed E-state index contributed by atoms with van der Waals surface area (Å²) in [7, 11) is 0. The van der Waals surface area contributed by atoms with Crippen molar-refractivity contribution in [3.63, 3.8) is 0 Å². The second-order valence-electron chi connectivity index (χ2n) is 4.59. The molecule has 0 aliphatic rings. The molecular formula is C14H17F3N4. The van der Waals surface area contributed by atoms with Crippen LogP contribution >= 0.6 is 0 Å². The van der Waals surface area contributed by atoms with Gasteiger partial charge in [0, 0.05) is 25.5 Å². The van der Waals surface area contributed by atoms with Crippen LogP contribution in [0.4, 0.5) is 19.0 Å². The largest absolute Gasteiger partial charge is 0.416 e. The van der Waals surface area contributed by atoms with Gasteiger partial charge >= 0.3 is 6.18 Å². The maximum atomic E-state index is 13.0. The Morgan fingerprint density at radius 2 is 2.00 bits per heavy atom. The van der Waals surface area contributed by atoms with Gasteiger partial charge in [-0.25, -0.2) is 9.97 Å². The van der Waals surface area contributed by atoms with Gasteiger partial charge in [-0.3, -0.25) is 0 Å². The molecule has 0 spiro atoms. The average molecular weight is 298 g/mol. The number of nitrogens with one attached hydrogen (secondary N) is 1. The van der Waals surface area contributed by atoms with Crippen LogP contribution in [0.1, 0.15) is 25.8 Å². The highest BCUT2D eigenvalue weighted by molar-refractivity contribution is 5.56. The molecule has 0 aliphatic heterocycles. The lowest BCUT2D eigenvalue weighted by Gasteiger charge is -2.13. The molecule has 21 heavy (non-hydrogen) atoms. The fourth-order valence-electron chi connectivity index (χ4n) is 1.95. The van der Waals surface area contributed by atoms with Crippen LogP contribution in [0.15, 0.2) is 24.5 Å². The number of alkyl halides is 3. The van der Waals surface area contributed by atoms with Crippen molar-refractivity contribution < 1.29 is 13.2 Å². The summed E-state index contributed by atoms with van der Waals surface area (Å²) in [4.78, 5) is 8.35. The number of aromatic nitrogens is 3. The van der Waals surface area contributed by atoms with Crippen LogP contribution in [0.3, 0.4) is 0 Å². The lowest BCUT2D eigenvalue weighted by molar-refractivity contribution is -0.137. The number of pyridine rings is 1. The fourth-order valence-corrected chi connectivity index (χ4v) is 1.95. The highest BCUT2D eigenvalue weighted by Gasteiger charge is 2.32. The van der Waals surface area contributed by atoms with Crippen LogP contribution < -0.4 is 5.32 Å². The lowest BCUT2D eigenvalue weighted by Crippen LogP contribution is -2.10. The van der Waals surface area contributed by atoms with Gasteiger partial charge in [-0.1, -0.05) is 6.92 Å². The van der Waals surface area contributed by atoms with E-state index in [4.69, 9.17) is 0 Å². The van der Waals surface area contributed by atoms with E-state index in [-0.39, 0.29) is 11.5 Å². The van der Waals surface area contributed by atoms with Gasteiger partial charge in [0.2, 0.25) is 0 Å². The zero-order chi connectivity index (χ0) is 15.5. The van der Waals surface area contributed by atoms with E-state index in [1.165, 1.54) is 0 Å². The predicted octanol–water partition coefficient (Wildman–Crippen LogP) is 3.81. The maximum Gasteiger partial charge on any atom is 0.416 e. The summed E-state index contributed by atoms with van der Waals surface area (Å²) in [6, 6.07) is 2.06. The molecule has 0 amide bonds. The number of rotatable bonds is 5. The summed E-state index contributed by atoms with van der Waals surface area (Å²) in [5, 5.41) is 2.90. The number of imidazole rings is 1. The Morgan fingerprint density at radius 1 is 1.24 bits per heavy atom. The Balaban J connectivity index is 2.49. The lowest BCUT2D eigenvalue weighted by atomic mass is 10.2. The topological polar surface area (TPSA) is 42.7 Å². The Morgan fingerprint density at radius 3 is 2.62 bits per heavy atom. The van der Waals surface area contributed by atoms with Gasteiger partial charge < -0.3 is 9.88 Å². The van der Waals surface area contributed by atoms with Gasteiger partial charge in [-0.05, 0) is 25.5 Å². The number of halogens is 3. The second kappa shape index (κ2) is 6.15. The summed E-state index contributed by atoms with van der Waals surface area (Å²) in [6.45, 7) is 5.02. The quantitative estimate of drug-likeness (QED) is 0.913. The van der Waals surface area contributed by atoms with E-state index in [0.29, 0.717) is 18.9 Å². The van der Waals surface area contributed by atoms with Gasteiger partial charge in [0.25, 0.3) is 0 Å². The van der Waals surface area contributed by atoms with Gasteiger partial charge in [-0.15, -0.1) is 0 Å². The number of nitrogens with zero attached hydrogens (tertiary/aromatic N) is 3. The van der Waals surface area contributed by atoms with Gasteiger partial charge in [0.15, 0.2) is 5.82 Å². The molecule has 0 fully saturated rings. The second-order valence-corrected chi connectivity index (χ2v) is 4.59. The first kappa shape index (κ1) is 15.3. The van der Waals surface area contributed by atoms with Crippen LogP contribution in [0, 0.1) is 0 Å². The summed E-state index contributed by atoms with van der Waals surface area (Å²) in [5.74, 6) is 0.649. The summed E-state index contributed by atoms with van der Waals surface area (Å²) < 4.78 is 40.8. The van der Waals surface area contributed by atoms with Crippen LogP contribution in [-0.4, -0.2) is 21.1 Å². The fraction of sp³-hybridized carbons (Fsp3) is 0.429. The van der Waals surface area contributed by atoms with Crippen molar-refractivity contribution in [2.24, 2.45) is 0 Å². The molecule has 2 aromatic rings.